The molecule has 0 amide bonds. The first-order chi connectivity index (χ1) is 9.93. The first-order valence-corrected chi connectivity index (χ1v) is 5.53. The molecule has 0 unspecified atom stereocenters. The number of hydrogen-bond acceptors (Lipinski definition) is 4. The number of nitro groups is 1. The molecule has 0 saturated carbocycles. The van der Waals surface area contributed by atoms with Gasteiger partial charge in [-0.3, -0.25) is 10.1 Å². The van der Waals surface area contributed by atoms with E-state index in [-0.39, 0.29) is 16.9 Å². The van der Waals surface area contributed by atoms with Gasteiger partial charge in [-0.25, -0.2) is 13.2 Å². The van der Waals surface area contributed by atoms with Gasteiger partial charge >= 0.3 is 0 Å². The third kappa shape index (κ3) is 2.76. The van der Waals surface area contributed by atoms with Crippen LogP contribution in [0.3, 0.4) is 0 Å². The largest absolute Gasteiger partial charge is 0.353 e. The first-order valence-electron chi connectivity index (χ1n) is 5.53. The summed E-state index contributed by atoms with van der Waals surface area (Å²) in [4.78, 5) is 10.0. The molecule has 0 bridgehead atoms. The summed E-state index contributed by atoms with van der Waals surface area (Å²) >= 11 is 0. The molecular formula is C13H6F3N3O2. The zero-order valence-electron chi connectivity index (χ0n) is 10.2. The lowest BCUT2D eigenvalue weighted by molar-refractivity contribution is -0.385. The Morgan fingerprint density at radius 1 is 1.14 bits per heavy atom. The summed E-state index contributed by atoms with van der Waals surface area (Å²) in [6.07, 6.45) is 0. The zero-order valence-corrected chi connectivity index (χ0v) is 10.2. The van der Waals surface area contributed by atoms with Crippen LogP contribution in [0, 0.1) is 38.9 Å². The fourth-order valence-corrected chi connectivity index (χ4v) is 1.63. The van der Waals surface area contributed by atoms with Gasteiger partial charge in [0.05, 0.1) is 10.6 Å². The molecule has 21 heavy (non-hydrogen) atoms. The average molecular weight is 293 g/mol. The quantitative estimate of drug-likeness (QED) is 0.532. The van der Waals surface area contributed by atoms with E-state index in [1.807, 2.05) is 0 Å². The summed E-state index contributed by atoms with van der Waals surface area (Å²) in [7, 11) is 0. The van der Waals surface area contributed by atoms with E-state index in [1.54, 1.807) is 6.07 Å². The van der Waals surface area contributed by atoms with E-state index in [4.69, 9.17) is 5.26 Å². The Morgan fingerprint density at radius 3 is 2.48 bits per heavy atom. The van der Waals surface area contributed by atoms with E-state index in [0.29, 0.717) is 0 Å². The van der Waals surface area contributed by atoms with E-state index in [9.17, 15) is 23.3 Å². The van der Waals surface area contributed by atoms with Gasteiger partial charge in [-0.1, -0.05) is 0 Å². The van der Waals surface area contributed by atoms with Gasteiger partial charge in [-0.2, -0.15) is 5.26 Å². The first kappa shape index (κ1) is 14.3. The Hall–Kier alpha value is -3.08. The molecule has 0 saturated heterocycles. The number of nitro benzene ring substituents is 1. The molecule has 0 fully saturated rings. The molecule has 2 rings (SSSR count). The molecule has 0 aromatic heterocycles. The molecule has 0 atom stereocenters. The summed E-state index contributed by atoms with van der Waals surface area (Å²) < 4.78 is 39.4. The van der Waals surface area contributed by atoms with Crippen molar-refractivity contribution in [1.82, 2.24) is 0 Å². The van der Waals surface area contributed by atoms with E-state index in [2.05, 4.69) is 5.32 Å². The van der Waals surface area contributed by atoms with Gasteiger partial charge < -0.3 is 5.32 Å². The molecule has 1 N–H and O–H groups in total. The molecule has 2 aromatic rings. The van der Waals surface area contributed by atoms with Crippen molar-refractivity contribution in [3.8, 4) is 6.07 Å². The van der Waals surface area contributed by atoms with Crippen molar-refractivity contribution in [3.05, 3.63) is 63.5 Å². The second-order valence-corrected chi connectivity index (χ2v) is 3.95. The van der Waals surface area contributed by atoms with Crippen LogP contribution in [-0.2, 0) is 0 Å². The van der Waals surface area contributed by atoms with E-state index in [0.717, 1.165) is 24.3 Å². The molecule has 0 aliphatic rings. The van der Waals surface area contributed by atoms with Crippen LogP contribution < -0.4 is 5.32 Å². The van der Waals surface area contributed by atoms with Gasteiger partial charge in [0.1, 0.15) is 11.6 Å². The third-order valence-corrected chi connectivity index (χ3v) is 2.63. The third-order valence-electron chi connectivity index (χ3n) is 2.63. The minimum atomic E-state index is -1.65. The summed E-state index contributed by atoms with van der Waals surface area (Å²) in [5, 5.41) is 21.9. The van der Waals surface area contributed by atoms with Crippen molar-refractivity contribution in [2.24, 2.45) is 0 Å². The Morgan fingerprint density at radius 2 is 1.86 bits per heavy atom. The second-order valence-electron chi connectivity index (χ2n) is 3.95. The Balaban J connectivity index is 2.42. The number of benzene rings is 2. The van der Waals surface area contributed by atoms with Gasteiger partial charge in [-0.15, -0.1) is 0 Å². The van der Waals surface area contributed by atoms with Crippen LogP contribution in [0.1, 0.15) is 5.56 Å². The number of nitrogens with zero attached hydrogens (tertiary/aromatic N) is 2. The van der Waals surface area contributed by atoms with E-state index >= 15 is 0 Å². The number of anilines is 2. The van der Waals surface area contributed by atoms with Crippen LogP contribution in [0.25, 0.3) is 0 Å². The fraction of sp³-hybridized carbons (Fsp3) is 0. The van der Waals surface area contributed by atoms with Crippen LogP contribution in [0.5, 0.6) is 0 Å². The maximum Gasteiger partial charge on any atom is 0.289 e. The molecule has 8 heteroatoms. The van der Waals surface area contributed by atoms with Crippen molar-refractivity contribution < 1.29 is 18.1 Å². The van der Waals surface area contributed by atoms with E-state index in [1.165, 1.54) is 6.07 Å². The number of halogens is 3. The molecule has 0 spiro atoms. The van der Waals surface area contributed by atoms with Crippen molar-refractivity contribution in [2.75, 3.05) is 5.32 Å². The molecule has 0 heterocycles. The van der Waals surface area contributed by atoms with Crippen LogP contribution >= 0.6 is 0 Å². The van der Waals surface area contributed by atoms with Gasteiger partial charge in [0, 0.05) is 11.8 Å². The average Bonchev–Trinajstić information content (AvgIpc) is 2.47. The zero-order chi connectivity index (χ0) is 15.6. The highest BCUT2D eigenvalue weighted by atomic mass is 19.2. The standard InChI is InChI=1S/C13H6F3N3O2/c14-9-3-4-10(13(16)12(9)15)18-8-2-1-7(6-17)11(5-8)19(20)21/h1-5,18H. The summed E-state index contributed by atoms with van der Waals surface area (Å²) in [6, 6.07) is 6.77. The summed E-state index contributed by atoms with van der Waals surface area (Å²) in [5.74, 6) is -4.44. The van der Waals surface area contributed by atoms with Crippen LogP contribution in [0.4, 0.5) is 30.2 Å². The molecule has 0 aliphatic carbocycles. The van der Waals surface area contributed by atoms with Crippen molar-refractivity contribution in [1.29, 1.82) is 5.26 Å². The molecule has 2 aromatic carbocycles. The molecule has 106 valence electrons. The molecular weight excluding hydrogens is 287 g/mol. The predicted octanol–water partition coefficient (Wildman–Crippen LogP) is 3.63. The smallest absolute Gasteiger partial charge is 0.289 e. The number of nitriles is 1. The highest BCUT2D eigenvalue weighted by molar-refractivity contribution is 5.66. The Bertz CT molecular complexity index is 772. The van der Waals surface area contributed by atoms with Crippen LogP contribution in [0.15, 0.2) is 30.3 Å². The molecule has 0 radical (unpaired) electrons. The second kappa shape index (κ2) is 5.50. The monoisotopic (exact) mass is 293 g/mol. The summed E-state index contributed by atoms with van der Waals surface area (Å²) in [6.45, 7) is 0. The predicted molar refractivity (Wildman–Crippen MR) is 67.4 cm³/mol. The number of rotatable bonds is 3. The molecule has 5 nitrogen and oxygen atoms in total. The van der Waals surface area contributed by atoms with Crippen LogP contribution in [-0.4, -0.2) is 4.92 Å². The highest BCUT2D eigenvalue weighted by Crippen LogP contribution is 2.27. The topological polar surface area (TPSA) is 79.0 Å². The Kier molecular flexibility index (Phi) is 3.75. The minimum absolute atomic E-state index is 0.0607. The van der Waals surface area contributed by atoms with Gasteiger partial charge in [0.15, 0.2) is 17.5 Å². The van der Waals surface area contributed by atoms with Gasteiger partial charge in [0.2, 0.25) is 0 Å². The Labute approximate surface area is 116 Å². The van der Waals surface area contributed by atoms with Crippen molar-refractivity contribution >= 4 is 17.1 Å². The minimum Gasteiger partial charge on any atom is -0.353 e. The lowest BCUT2D eigenvalue weighted by Gasteiger charge is -2.08. The normalized spacial score (nSPS) is 10.0. The lowest BCUT2D eigenvalue weighted by atomic mass is 10.1. The van der Waals surface area contributed by atoms with Gasteiger partial charge in [-0.05, 0) is 24.3 Å². The fourth-order valence-electron chi connectivity index (χ4n) is 1.63. The van der Waals surface area contributed by atoms with E-state index < -0.39 is 28.1 Å². The number of hydrogen-bond donors (Lipinski definition) is 1. The summed E-state index contributed by atoms with van der Waals surface area (Å²) in [5.41, 5.74) is -0.972. The maximum absolute atomic E-state index is 13.5. The van der Waals surface area contributed by atoms with Crippen molar-refractivity contribution in [2.45, 2.75) is 0 Å². The highest BCUT2D eigenvalue weighted by Gasteiger charge is 2.17. The van der Waals surface area contributed by atoms with Crippen LogP contribution in [0.2, 0.25) is 0 Å². The maximum atomic E-state index is 13.5. The SMILES string of the molecule is N#Cc1ccc(Nc2ccc(F)c(F)c2F)cc1[N+](=O)[O-]. The lowest BCUT2D eigenvalue weighted by Crippen LogP contribution is -2.00. The number of nitrogens with one attached hydrogen (secondary N) is 1. The van der Waals surface area contributed by atoms with Crippen molar-refractivity contribution in [3.63, 3.8) is 0 Å². The molecule has 0 aliphatic heterocycles. The van der Waals surface area contributed by atoms with Gasteiger partial charge in [0.25, 0.3) is 5.69 Å².